The molecule has 0 atom stereocenters. The van der Waals surface area contributed by atoms with Gasteiger partial charge in [0.05, 0.1) is 17.3 Å². The van der Waals surface area contributed by atoms with Crippen LogP contribution < -0.4 is 0 Å². The molecule has 33 heavy (non-hydrogen) atoms. The van der Waals surface area contributed by atoms with Gasteiger partial charge in [0.15, 0.2) is 0 Å². The summed E-state index contributed by atoms with van der Waals surface area (Å²) in [6.45, 7) is 18.1. The highest BCUT2D eigenvalue weighted by atomic mass is 16.2. The zero-order valence-electron chi connectivity index (χ0n) is 22.2. The van der Waals surface area contributed by atoms with Crippen molar-refractivity contribution in [2.75, 3.05) is 13.1 Å². The summed E-state index contributed by atoms with van der Waals surface area (Å²) in [4.78, 5) is 14.5. The number of fused-ring (bicyclic) bond motifs is 1. The van der Waals surface area contributed by atoms with Crippen molar-refractivity contribution in [3.05, 3.63) is 71.0 Å². The predicted octanol–water partition coefficient (Wildman–Crippen LogP) is 7.83. The molecule has 4 nitrogen and oxygen atoms in total. The maximum atomic E-state index is 12.7. The van der Waals surface area contributed by atoms with Crippen molar-refractivity contribution in [3.63, 3.8) is 0 Å². The SMILES string of the molecule is CC.CCCC(CCC)c1ccn2ncc(C(=O)N(CC)CC)c2c1.Cc1ccc(C)cc1. The average Bonchev–Trinajstić information content (AvgIpc) is 3.26. The first-order chi connectivity index (χ1) is 15.9. The van der Waals surface area contributed by atoms with Crippen molar-refractivity contribution in [2.24, 2.45) is 0 Å². The number of rotatable bonds is 8. The predicted molar refractivity (Wildman–Crippen MR) is 142 cm³/mol. The van der Waals surface area contributed by atoms with Crippen molar-refractivity contribution < 1.29 is 4.79 Å². The number of carbonyl (C=O) groups is 1. The lowest BCUT2D eigenvalue weighted by molar-refractivity contribution is 0.0775. The molecule has 0 bridgehead atoms. The van der Waals surface area contributed by atoms with Crippen LogP contribution >= 0.6 is 0 Å². The lowest BCUT2D eigenvalue weighted by Gasteiger charge is -2.18. The summed E-state index contributed by atoms with van der Waals surface area (Å²) in [5.74, 6) is 0.644. The van der Waals surface area contributed by atoms with Gasteiger partial charge in [0.25, 0.3) is 5.91 Å². The van der Waals surface area contributed by atoms with E-state index in [-0.39, 0.29) is 5.91 Å². The third-order valence-corrected chi connectivity index (χ3v) is 5.79. The van der Waals surface area contributed by atoms with Gasteiger partial charge < -0.3 is 4.90 Å². The van der Waals surface area contributed by atoms with Crippen LogP contribution in [0.15, 0.2) is 48.8 Å². The minimum atomic E-state index is 0.0738. The molecule has 1 aromatic carbocycles. The fourth-order valence-corrected chi connectivity index (χ4v) is 3.91. The highest BCUT2D eigenvalue weighted by Crippen LogP contribution is 2.28. The number of carbonyl (C=O) groups excluding carboxylic acids is 1. The Kier molecular flexibility index (Phi) is 13.1. The average molecular weight is 452 g/mol. The van der Waals surface area contributed by atoms with Gasteiger partial charge in [-0.15, -0.1) is 0 Å². The van der Waals surface area contributed by atoms with E-state index in [4.69, 9.17) is 0 Å². The Labute approximate surface area is 202 Å². The van der Waals surface area contributed by atoms with E-state index in [0.29, 0.717) is 11.5 Å². The minimum Gasteiger partial charge on any atom is -0.339 e. The largest absolute Gasteiger partial charge is 0.339 e. The topological polar surface area (TPSA) is 37.6 Å². The van der Waals surface area contributed by atoms with E-state index in [0.717, 1.165) is 18.6 Å². The maximum Gasteiger partial charge on any atom is 0.257 e. The van der Waals surface area contributed by atoms with E-state index in [1.165, 1.54) is 42.4 Å². The van der Waals surface area contributed by atoms with Gasteiger partial charge in [0.1, 0.15) is 0 Å². The Morgan fingerprint density at radius 3 is 1.88 bits per heavy atom. The first kappa shape index (κ1) is 28.4. The summed E-state index contributed by atoms with van der Waals surface area (Å²) < 4.78 is 1.81. The number of benzene rings is 1. The fourth-order valence-electron chi connectivity index (χ4n) is 3.91. The molecule has 0 unspecified atom stereocenters. The molecule has 3 aromatic rings. The number of aromatic nitrogens is 2. The number of aryl methyl sites for hydroxylation is 2. The standard InChI is InChI=1S/C19H29N3O.C8H10.C2H6/c1-5-9-15(10-6-2)16-11-12-22-18(13-16)17(14-20-22)19(23)21(7-3)8-4;1-7-3-5-8(2)6-4-7;1-2/h11-15H,5-10H2,1-4H3;3-6H,1-2H3;1-2H3. The van der Waals surface area contributed by atoms with Gasteiger partial charge in [-0.05, 0) is 64.2 Å². The number of nitrogens with zero attached hydrogens (tertiary/aromatic N) is 3. The molecular formula is C29H45N3O. The summed E-state index contributed by atoms with van der Waals surface area (Å²) in [5.41, 5.74) is 5.63. The van der Waals surface area contributed by atoms with Crippen LogP contribution in [0.5, 0.6) is 0 Å². The molecule has 1 amide bonds. The Morgan fingerprint density at radius 2 is 1.42 bits per heavy atom. The van der Waals surface area contributed by atoms with E-state index >= 15 is 0 Å². The third kappa shape index (κ3) is 8.34. The first-order valence-electron chi connectivity index (χ1n) is 12.7. The molecule has 0 aliphatic heterocycles. The van der Waals surface area contributed by atoms with E-state index in [1.807, 2.05) is 43.3 Å². The molecule has 0 aliphatic carbocycles. The fraction of sp³-hybridized carbons (Fsp3) is 0.517. The second kappa shape index (κ2) is 15.3. The van der Waals surface area contributed by atoms with Crippen LogP contribution in [0.25, 0.3) is 5.52 Å². The molecule has 4 heteroatoms. The Balaban J connectivity index is 0.000000454. The molecule has 0 aliphatic rings. The van der Waals surface area contributed by atoms with Crippen molar-refractivity contribution in [3.8, 4) is 0 Å². The highest BCUT2D eigenvalue weighted by molar-refractivity contribution is 6.00. The third-order valence-electron chi connectivity index (χ3n) is 5.79. The minimum absolute atomic E-state index is 0.0738. The van der Waals surface area contributed by atoms with Gasteiger partial charge in [-0.2, -0.15) is 5.10 Å². The van der Waals surface area contributed by atoms with Crippen LogP contribution in [-0.4, -0.2) is 33.5 Å². The van der Waals surface area contributed by atoms with Crippen LogP contribution in [-0.2, 0) is 0 Å². The molecule has 3 rings (SSSR count). The Morgan fingerprint density at radius 1 is 0.909 bits per heavy atom. The molecular weight excluding hydrogens is 406 g/mol. The van der Waals surface area contributed by atoms with Crippen molar-refractivity contribution in [1.29, 1.82) is 0 Å². The normalized spacial score (nSPS) is 10.3. The first-order valence-corrected chi connectivity index (χ1v) is 12.7. The van der Waals surface area contributed by atoms with E-state index in [2.05, 4.69) is 69.2 Å². The number of hydrogen-bond acceptors (Lipinski definition) is 2. The Hall–Kier alpha value is -2.62. The lowest BCUT2D eigenvalue weighted by Crippen LogP contribution is -2.30. The smallest absolute Gasteiger partial charge is 0.257 e. The number of pyridine rings is 1. The Bertz CT molecular complexity index is 912. The molecule has 0 saturated heterocycles. The molecule has 2 aromatic heterocycles. The molecule has 2 heterocycles. The monoisotopic (exact) mass is 451 g/mol. The van der Waals surface area contributed by atoms with Gasteiger partial charge in [-0.25, -0.2) is 4.52 Å². The lowest BCUT2D eigenvalue weighted by atomic mass is 9.90. The van der Waals surface area contributed by atoms with Crippen LogP contribution in [0.3, 0.4) is 0 Å². The zero-order chi connectivity index (χ0) is 24.8. The summed E-state index contributed by atoms with van der Waals surface area (Å²) in [6.07, 6.45) is 8.44. The molecule has 0 fully saturated rings. The van der Waals surface area contributed by atoms with Crippen LogP contribution in [0, 0.1) is 13.8 Å². The quantitative estimate of drug-likeness (QED) is 0.350. The van der Waals surface area contributed by atoms with Crippen LogP contribution in [0.1, 0.15) is 100 Å². The van der Waals surface area contributed by atoms with E-state index in [1.54, 1.807) is 6.20 Å². The van der Waals surface area contributed by atoms with Crippen molar-refractivity contribution in [1.82, 2.24) is 14.5 Å². The summed E-state index contributed by atoms with van der Waals surface area (Å²) in [7, 11) is 0. The summed E-state index contributed by atoms with van der Waals surface area (Å²) >= 11 is 0. The highest BCUT2D eigenvalue weighted by Gasteiger charge is 2.19. The number of amides is 1. The van der Waals surface area contributed by atoms with Crippen LogP contribution in [0.2, 0.25) is 0 Å². The maximum absolute atomic E-state index is 12.7. The van der Waals surface area contributed by atoms with E-state index < -0.39 is 0 Å². The molecule has 0 radical (unpaired) electrons. The van der Waals surface area contributed by atoms with E-state index in [9.17, 15) is 4.79 Å². The van der Waals surface area contributed by atoms with Gasteiger partial charge >= 0.3 is 0 Å². The summed E-state index contributed by atoms with van der Waals surface area (Å²) in [6, 6.07) is 12.8. The van der Waals surface area contributed by atoms with Gasteiger partial charge in [-0.3, -0.25) is 4.79 Å². The molecule has 182 valence electrons. The molecule has 0 saturated carbocycles. The van der Waals surface area contributed by atoms with Gasteiger partial charge in [0.2, 0.25) is 0 Å². The summed E-state index contributed by atoms with van der Waals surface area (Å²) in [5, 5.41) is 4.35. The second-order valence-corrected chi connectivity index (χ2v) is 8.25. The number of hydrogen-bond donors (Lipinski definition) is 0. The second-order valence-electron chi connectivity index (χ2n) is 8.25. The van der Waals surface area contributed by atoms with Gasteiger partial charge in [0, 0.05) is 19.3 Å². The molecule has 0 spiro atoms. The van der Waals surface area contributed by atoms with Crippen molar-refractivity contribution in [2.45, 2.75) is 87.0 Å². The zero-order valence-corrected chi connectivity index (χ0v) is 22.2. The molecule has 0 N–H and O–H groups in total. The van der Waals surface area contributed by atoms with Crippen molar-refractivity contribution >= 4 is 11.4 Å². The van der Waals surface area contributed by atoms with Crippen LogP contribution in [0.4, 0.5) is 0 Å². The van der Waals surface area contributed by atoms with Gasteiger partial charge in [-0.1, -0.05) is 75.9 Å².